The lowest BCUT2D eigenvalue weighted by atomic mass is 10.2. The van der Waals surface area contributed by atoms with Gasteiger partial charge in [-0.25, -0.2) is 9.48 Å². The van der Waals surface area contributed by atoms with Gasteiger partial charge >= 0.3 is 5.97 Å². The lowest BCUT2D eigenvalue weighted by Crippen LogP contribution is -2.07. The number of carbonyl (C=O) groups is 1. The molecule has 0 radical (unpaired) electrons. The highest BCUT2D eigenvalue weighted by Gasteiger charge is 2.14. The van der Waals surface area contributed by atoms with Gasteiger partial charge in [0.2, 0.25) is 0 Å². The zero-order valence-corrected chi connectivity index (χ0v) is 13.7. The maximum absolute atomic E-state index is 12.2. The Hall–Kier alpha value is -2.79. The van der Waals surface area contributed by atoms with E-state index < -0.39 is 5.97 Å². The number of methoxy groups -OCH3 is 1. The summed E-state index contributed by atoms with van der Waals surface area (Å²) in [4.78, 5) is 12.2. The third-order valence-corrected chi connectivity index (χ3v) is 3.69. The summed E-state index contributed by atoms with van der Waals surface area (Å²) >= 11 is 5.93. The first-order valence-corrected chi connectivity index (χ1v) is 7.65. The predicted molar refractivity (Wildman–Crippen MR) is 90.7 cm³/mol. The monoisotopic (exact) mass is 342 g/mol. The lowest BCUT2D eigenvalue weighted by Gasteiger charge is -2.09. The summed E-state index contributed by atoms with van der Waals surface area (Å²) < 4.78 is 12.3. The predicted octanol–water partition coefficient (Wildman–Crippen LogP) is 3.89. The minimum absolute atomic E-state index is 0.161. The van der Waals surface area contributed by atoms with Crippen LogP contribution in [0.2, 0.25) is 5.02 Å². The van der Waals surface area contributed by atoms with Crippen LogP contribution in [0.25, 0.3) is 5.69 Å². The molecule has 0 fully saturated rings. The Morgan fingerprint density at radius 3 is 2.67 bits per heavy atom. The smallest absolute Gasteiger partial charge is 0.342 e. The van der Waals surface area contributed by atoms with Gasteiger partial charge in [-0.2, -0.15) is 5.10 Å². The van der Waals surface area contributed by atoms with Crippen LogP contribution in [-0.2, 0) is 11.3 Å². The Morgan fingerprint density at radius 2 is 2.00 bits per heavy atom. The first-order chi connectivity index (χ1) is 11.7. The maximum atomic E-state index is 12.2. The number of rotatable bonds is 5. The molecule has 0 aliphatic rings. The second-order valence-electron chi connectivity index (χ2n) is 5.04. The minimum atomic E-state index is -0.481. The van der Waals surface area contributed by atoms with Crippen molar-refractivity contribution in [1.82, 2.24) is 9.78 Å². The van der Waals surface area contributed by atoms with Gasteiger partial charge in [-0.3, -0.25) is 0 Å². The van der Waals surface area contributed by atoms with Crippen LogP contribution < -0.4 is 4.74 Å². The van der Waals surface area contributed by atoms with Crippen molar-refractivity contribution < 1.29 is 14.3 Å². The van der Waals surface area contributed by atoms with E-state index in [1.807, 2.05) is 36.5 Å². The highest BCUT2D eigenvalue weighted by Crippen LogP contribution is 2.23. The molecule has 0 aliphatic heterocycles. The molecule has 0 saturated carbocycles. The molecule has 2 aromatic carbocycles. The number of benzene rings is 2. The van der Waals surface area contributed by atoms with Crippen LogP contribution in [0.5, 0.6) is 5.75 Å². The van der Waals surface area contributed by atoms with E-state index in [9.17, 15) is 4.79 Å². The molecular formula is C18H15ClN2O3. The lowest BCUT2D eigenvalue weighted by molar-refractivity contribution is 0.0469. The van der Waals surface area contributed by atoms with Crippen molar-refractivity contribution in [2.75, 3.05) is 7.11 Å². The summed E-state index contributed by atoms with van der Waals surface area (Å²) in [6, 6.07) is 14.3. The molecule has 0 saturated heterocycles. The number of hydrogen-bond donors (Lipinski definition) is 0. The quantitative estimate of drug-likeness (QED) is 0.660. The van der Waals surface area contributed by atoms with Gasteiger partial charge in [0, 0.05) is 17.4 Å². The number of aromatic nitrogens is 2. The Labute approximate surface area is 144 Å². The molecule has 122 valence electrons. The van der Waals surface area contributed by atoms with Gasteiger partial charge in [-0.15, -0.1) is 0 Å². The van der Waals surface area contributed by atoms with Crippen molar-refractivity contribution in [2.45, 2.75) is 6.61 Å². The van der Waals surface area contributed by atoms with E-state index >= 15 is 0 Å². The van der Waals surface area contributed by atoms with Crippen LogP contribution in [0.1, 0.15) is 15.9 Å². The van der Waals surface area contributed by atoms with Gasteiger partial charge < -0.3 is 9.47 Å². The summed E-state index contributed by atoms with van der Waals surface area (Å²) in [6.45, 7) is 0.161. The van der Waals surface area contributed by atoms with Gasteiger partial charge in [-0.1, -0.05) is 23.7 Å². The highest BCUT2D eigenvalue weighted by molar-refractivity contribution is 6.31. The molecule has 24 heavy (non-hydrogen) atoms. The van der Waals surface area contributed by atoms with Gasteiger partial charge in [0.25, 0.3) is 0 Å². The average Bonchev–Trinajstić information content (AvgIpc) is 3.14. The van der Waals surface area contributed by atoms with Crippen molar-refractivity contribution >= 4 is 17.6 Å². The van der Waals surface area contributed by atoms with E-state index in [2.05, 4.69) is 5.10 Å². The topological polar surface area (TPSA) is 53.4 Å². The molecule has 0 bridgehead atoms. The molecule has 3 rings (SSSR count). The van der Waals surface area contributed by atoms with Gasteiger partial charge in [-0.05, 0) is 42.0 Å². The standard InChI is InChI=1S/C18H15ClN2O3/c1-23-17-8-5-14(19)11-16(17)18(22)24-12-13-3-6-15(7-4-13)21-10-2-9-20-21/h2-11H,12H2,1H3. The second kappa shape index (κ2) is 7.19. The summed E-state index contributed by atoms with van der Waals surface area (Å²) in [5.74, 6) is -0.0519. The normalized spacial score (nSPS) is 10.4. The molecule has 3 aromatic rings. The van der Waals surface area contributed by atoms with Crippen molar-refractivity contribution in [2.24, 2.45) is 0 Å². The zero-order chi connectivity index (χ0) is 16.9. The Bertz CT molecular complexity index is 830. The second-order valence-corrected chi connectivity index (χ2v) is 5.47. The first kappa shape index (κ1) is 16.1. The largest absolute Gasteiger partial charge is 0.496 e. The molecule has 6 heteroatoms. The van der Waals surface area contributed by atoms with E-state index in [1.165, 1.54) is 13.2 Å². The van der Waals surface area contributed by atoms with E-state index in [1.54, 1.807) is 23.0 Å². The summed E-state index contributed by atoms with van der Waals surface area (Å²) in [5.41, 5.74) is 2.12. The molecule has 0 amide bonds. The SMILES string of the molecule is COc1ccc(Cl)cc1C(=O)OCc1ccc(-n2cccn2)cc1. The van der Waals surface area contributed by atoms with Crippen LogP contribution >= 0.6 is 11.6 Å². The fraction of sp³-hybridized carbons (Fsp3) is 0.111. The Kier molecular flexibility index (Phi) is 4.82. The van der Waals surface area contributed by atoms with Crippen molar-refractivity contribution in [3.8, 4) is 11.4 Å². The summed E-state index contributed by atoms with van der Waals surface area (Å²) in [7, 11) is 1.49. The molecule has 1 aromatic heterocycles. The molecule has 0 N–H and O–H groups in total. The summed E-state index contributed by atoms with van der Waals surface area (Å²) in [6.07, 6.45) is 3.58. The average molecular weight is 343 g/mol. The van der Waals surface area contributed by atoms with Gasteiger partial charge in [0.05, 0.1) is 12.8 Å². The third-order valence-electron chi connectivity index (χ3n) is 3.46. The minimum Gasteiger partial charge on any atom is -0.496 e. The molecule has 0 spiro atoms. The van der Waals surface area contributed by atoms with Crippen LogP contribution in [0, 0.1) is 0 Å². The van der Waals surface area contributed by atoms with E-state index in [4.69, 9.17) is 21.1 Å². The van der Waals surface area contributed by atoms with Gasteiger partial charge in [0.15, 0.2) is 0 Å². The number of hydrogen-bond acceptors (Lipinski definition) is 4. The van der Waals surface area contributed by atoms with Crippen LogP contribution in [0.3, 0.4) is 0 Å². The molecule has 0 unspecified atom stereocenters. The van der Waals surface area contributed by atoms with Crippen molar-refractivity contribution in [1.29, 1.82) is 0 Å². The molecule has 5 nitrogen and oxygen atoms in total. The van der Waals surface area contributed by atoms with E-state index in [0.717, 1.165) is 11.3 Å². The number of esters is 1. The molecule has 1 heterocycles. The molecule has 0 aliphatic carbocycles. The molecular weight excluding hydrogens is 328 g/mol. The van der Waals surface area contributed by atoms with Crippen molar-refractivity contribution in [3.63, 3.8) is 0 Å². The fourth-order valence-corrected chi connectivity index (χ4v) is 2.40. The number of halogens is 1. The number of ether oxygens (including phenoxy) is 2. The summed E-state index contributed by atoms with van der Waals surface area (Å²) in [5, 5.41) is 4.61. The first-order valence-electron chi connectivity index (χ1n) is 7.27. The Balaban J connectivity index is 1.67. The third kappa shape index (κ3) is 3.58. The Morgan fingerprint density at radius 1 is 1.21 bits per heavy atom. The van der Waals surface area contributed by atoms with Crippen LogP contribution in [-0.4, -0.2) is 22.9 Å². The molecule has 0 atom stereocenters. The van der Waals surface area contributed by atoms with Crippen molar-refractivity contribution in [3.05, 3.63) is 77.1 Å². The van der Waals surface area contributed by atoms with E-state index in [0.29, 0.717) is 16.3 Å². The van der Waals surface area contributed by atoms with Crippen LogP contribution in [0.4, 0.5) is 0 Å². The zero-order valence-electron chi connectivity index (χ0n) is 13.0. The van der Waals surface area contributed by atoms with Gasteiger partial charge in [0.1, 0.15) is 17.9 Å². The van der Waals surface area contributed by atoms with E-state index in [-0.39, 0.29) is 6.61 Å². The number of nitrogens with zero attached hydrogens (tertiary/aromatic N) is 2. The highest BCUT2D eigenvalue weighted by atomic mass is 35.5. The fourth-order valence-electron chi connectivity index (χ4n) is 2.23. The van der Waals surface area contributed by atoms with Crippen LogP contribution in [0.15, 0.2) is 60.9 Å². The number of carbonyl (C=O) groups excluding carboxylic acids is 1. The maximum Gasteiger partial charge on any atom is 0.342 e.